The van der Waals surface area contributed by atoms with Gasteiger partial charge in [-0.2, -0.15) is 0 Å². The van der Waals surface area contributed by atoms with Crippen LogP contribution >= 0.6 is 23.2 Å². The highest BCUT2D eigenvalue weighted by molar-refractivity contribution is 6.36. The number of primary amides is 1. The molecule has 0 fully saturated rings. The molecule has 12 heavy (non-hydrogen) atoms. The van der Waals surface area contributed by atoms with Gasteiger partial charge >= 0.3 is 0 Å². The van der Waals surface area contributed by atoms with E-state index in [4.69, 9.17) is 28.9 Å². The molecule has 64 valence electrons. The minimum atomic E-state index is -0.797. The van der Waals surface area contributed by atoms with E-state index in [0.717, 1.165) is 0 Å². The van der Waals surface area contributed by atoms with E-state index in [1.165, 1.54) is 6.07 Å². The fourth-order valence-electron chi connectivity index (χ4n) is 0.661. The largest absolute Gasteiger partial charge is 0.364 e. The molecule has 0 radical (unpaired) electrons. The van der Waals surface area contributed by atoms with Gasteiger partial charge in [-0.25, -0.2) is 0 Å². The highest BCUT2D eigenvalue weighted by Gasteiger charge is 2.09. The maximum absolute atomic E-state index is 10.8. The normalized spacial score (nSPS) is 9.83. The van der Waals surface area contributed by atoms with Crippen LogP contribution in [-0.4, -0.2) is 10.9 Å². The first kappa shape index (κ1) is 9.09. The van der Waals surface area contributed by atoms with E-state index in [-0.39, 0.29) is 15.7 Å². The van der Waals surface area contributed by atoms with Gasteiger partial charge in [0, 0.05) is 0 Å². The molecule has 0 unspecified atom stereocenters. The van der Waals surface area contributed by atoms with Crippen molar-refractivity contribution >= 4 is 29.1 Å². The Bertz CT molecular complexity index is 386. The fourth-order valence-corrected chi connectivity index (χ4v) is 1.12. The van der Waals surface area contributed by atoms with E-state index in [9.17, 15) is 9.59 Å². The number of aromatic nitrogens is 1. The number of aromatic amines is 1. The second-order valence-corrected chi connectivity index (χ2v) is 2.85. The summed E-state index contributed by atoms with van der Waals surface area (Å²) in [6.45, 7) is 0. The zero-order chi connectivity index (χ0) is 9.30. The third kappa shape index (κ3) is 1.60. The highest BCUT2D eigenvalue weighted by atomic mass is 35.5. The summed E-state index contributed by atoms with van der Waals surface area (Å²) in [4.78, 5) is 23.6. The van der Waals surface area contributed by atoms with Crippen LogP contribution in [0, 0.1) is 0 Å². The second-order valence-electron chi connectivity index (χ2n) is 2.03. The molecule has 1 aromatic rings. The maximum atomic E-state index is 10.8. The average molecular weight is 207 g/mol. The lowest BCUT2D eigenvalue weighted by Crippen LogP contribution is -2.19. The number of hydrogen-bond donors (Lipinski definition) is 2. The van der Waals surface area contributed by atoms with Crippen LogP contribution in [0.2, 0.25) is 10.0 Å². The molecule has 1 aromatic heterocycles. The number of hydrogen-bond acceptors (Lipinski definition) is 2. The molecule has 3 N–H and O–H groups in total. The van der Waals surface area contributed by atoms with Gasteiger partial charge < -0.3 is 10.7 Å². The van der Waals surface area contributed by atoms with Crippen molar-refractivity contribution in [3.63, 3.8) is 0 Å². The molecule has 6 heteroatoms. The van der Waals surface area contributed by atoms with E-state index in [0.29, 0.717) is 0 Å². The maximum Gasteiger partial charge on any atom is 0.267 e. The first-order chi connectivity index (χ1) is 5.52. The molecule has 4 nitrogen and oxygen atoms in total. The van der Waals surface area contributed by atoms with Gasteiger partial charge in [0.1, 0.15) is 10.7 Å². The summed E-state index contributed by atoms with van der Waals surface area (Å²) in [5.74, 6) is -0.797. The number of H-pyrrole nitrogens is 1. The Hall–Kier alpha value is -1.00. The summed E-state index contributed by atoms with van der Waals surface area (Å²) >= 11 is 11.0. The molecule has 0 bridgehead atoms. The Morgan fingerprint density at radius 1 is 1.42 bits per heavy atom. The van der Waals surface area contributed by atoms with Crippen LogP contribution in [-0.2, 0) is 0 Å². The Morgan fingerprint density at radius 2 is 2.00 bits per heavy atom. The van der Waals surface area contributed by atoms with Gasteiger partial charge in [-0.3, -0.25) is 9.59 Å². The van der Waals surface area contributed by atoms with E-state index >= 15 is 0 Å². The molecule has 0 atom stereocenters. The number of carbonyl (C=O) groups excluding carboxylic acids is 1. The Morgan fingerprint density at radius 3 is 2.50 bits per heavy atom. The van der Waals surface area contributed by atoms with Crippen molar-refractivity contribution in [2.45, 2.75) is 0 Å². The van der Waals surface area contributed by atoms with E-state index in [1.54, 1.807) is 0 Å². The van der Waals surface area contributed by atoms with Gasteiger partial charge in [-0.1, -0.05) is 23.2 Å². The number of nitrogens with one attached hydrogen (secondary N) is 1. The van der Waals surface area contributed by atoms with E-state index in [2.05, 4.69) is 4.98 Å². The predicted octanol–water partition coefficient (Wildman–Crippen LogP) is 0.781. The zero-order valence-corrected chi connectivity index (χ0v) is 7.24. The van der Waals surface area contributed by atoms with Gasteiger partial charge in [-0.05, 0) is 6.07 Å². The lowest BCUT2D eigenvalue weighted by atomic mass is 10.3. The zero-order valence-electron chi connectivity index (χ0n) is 5.73. The summed E-state index contributed by atoms with van der Waals surface area (Å²) in [5, 5.41) is -0.0444. The molecular formula is C6H4Cl2N2O2. The van der Waals surface area contributed by atoms with Gasteiger partial charge in [0.25, 0.3) is 11.5 Å². The monoisotopic (exact) mass is 206 g/mol. The molecule has 1 heterocycles. The van der Waals surface area contributed by atoms with Crippen molar-refractivity contribution in [1.29, 1.82) is 0 Å². The Balaban J connectivity index is 3.43. The number of nitrogens with two attached hydrogens (primary N) is 1. The first-order valence-corrected chi connectivity index (χ1v) is 3.66. The SMILES string of the molecule is NC(=O)c1[nH]c(=O)c(Cl)cc1Cl. The lowest BCUT2D eigenvalue weighted by molar-refractivity contribution is 0.0995. The van der Waals surface area contributed by atoms with Crippen molar-refractivity contribution in [2.24, 2.45) is 5.73 Å². The lowest BCUT2D eigenvalue weighted by Gasteiger charge is -1.98. The van der Waals surface area contributed by atoms with Gasteiger partial charge in [0.15, 0.2) is 0 Å². The van der Waals surface area contributed by atoms with Crippen LogP contribution in [0.4, 0.5) is 0 Å². The number of pyridine rings is 1. The highest BCUT2D eigenvalue weighted by Crippen LogP contribution is 2.14. The van der Waals surface area contributed by atoms with Crippen molar-refractivity contribution in [3.8, 4) is 0 Å². The number of rotatable bonds is 1. The molecule has 0 aliphatic heterocycles. The standard InChI is InChI=1S/C6H4Cl2N2O2/c7-2-1-3(8)6(12)10-4(2)5(9)11/h1H,(H2,9,11)(H,10,12). The molecule has 1 rings (SSSR count). The second kappa shape index (κ2) is 3.16. The molecule has 0 aliphatic rings. The molecule has 0 saturated heterocycles. The van der Waals surface area contributed by atoms with Crippen LogP contribution in [0.3, 0.4) is 0 Å². The first-order valence-electron chi connectivity index (χ1n) is 2.90. The molecular weight excluding hydrogens is 203 g/mol. The average Bonchev–Trinajstić information content (AvgIpc) is 1.96. The topological polar surface area (TPSA) is 76.0 Å². The van der Waals surface area contributed by atoms with Crippen LogP contribution in [0.5, 0.6) is 0 Å². The number of carbonyl (C=O) groups is 1. The van der Waals surface area contributed by atoms with Crippen LogP contribution in [0.25, 0.3) is 0 Å². The molecule has 1 amide bonds. The third-order valence-electron chi connectivity index (χ3n) is 1.19. The number of amides is 1. The fraction of sp³-hybridized carbons (Fsp3) is 0. The quantitative estimate of drug-likeness (QED) is 0.713. The Labute approximate surface area is 77.3 Å². The Kier molecular flexibility index (Phi) is 2.40. The van der Waals surface area contributed by atoms with Crippen molar-refractivity contribution in [1.82, 2.24) is 4.98 Å². The third-order valence-corrected chi connectivity index (χ3v) is 1.77. The van der Waals surface area contributed by atoms with Gasteiger partial charge in [0.05, 0.1) is 5.02 Å². The van der Waals surface area contributed by atoms with Crippen LogP contribution < -0.4 is 11.3 Å². The van der Waals surface area contributed by atoms with Crippen molar-refractivity contribution in [2.75, 3.05) is 0 Å². The van der Waals surface area contributed by atoms with E-state index < -0.39 is 11.5 Å². The predicted molar refractivity (Wildman–Crippen MR) is 45.6 cm³/mol. The summed E-state index contributed by atoms with van der Waals surface area (Å²) < 4.78 is 0. The molecule has 0 saturated carbocycles. The van der Waals surface area contributed by atoms with Crippen LogP contribution in [0.1, 0.15) is 10.5 Å². The summed E-state index contributed by atoms with van der Waals surface area (Å²) in [6, 6.07) is 1.17. The summed E-state index contributed by atoms with van der Waals surface area (Å²) in [6.07, 6.45) is 0. The minimum absolute atomic E-state index is 0.0344. The smallest absolute Gasteiger partial charge is 0.267 e. The van der Waals surface area contributed by atoms with Crippen LogP contribution in [0.15, 0.2) is 10.9 Å². The molecule has 0 aromatic carbocycles. The molecule has 0 aliphatic carbocycles. The van der Waals surface area contributed by atoms with Crippen molar-refractivity contribution < 1.29 is 4.79 Å². The summed E-state index contributed by atoms with van der Waals surface area (Å²) in [7, 11) is 0. The van der Waals surface area contributed by atoms with E-state index in [1.807, 2.05) is 0 Å². The van der Waals surface area contributed by atoms with Gasteiger partial charge in [-0.15, -0.1) is 0 Å². The minimum Gasteiger partial charge on any atom is -0.364 e. The van der Waals surface area contributed by atoms with Crippen molar-refractivity contribution in [3.05, 3.63) is 32.2 Å². The van der Waals surface area contributed by atoms with Gasteiger partial charge in [0.2, 0.25) is 0 Å². The summed E-state index contributed by atoms with van der Waals surface area (Å²) in [5.41, 5.74) is 4.18. The molecule has 0 spiro atoms. The number of halogens is 2.